The number of nitrogens with one attached hydrogen (secondary N) is 1. The van der Waals surface area contributed by atoms with Crippen LogP contribution in [0.15, 0.2) is 24.4 Å². The van der Waals surface area contributed by atoms with E-state index in [0.717, 1.165) is 49.7 Å². The van der Waals surface area contributed by atoms with Crippen molar-refractivity contribution in [2.75, 3.05) is 29.4 Å². The molecule has 2 amide bonds. The minimum Gasteiger partial charge on any atom is -0.350 e. The highest BCUT2D eigenvalue weighted by Crippen LogP contribution is 2.32. The van der Waals surface area contributed by atoms with Crippen molar-refractivity contribution in [2.45, 2.75) is 32.2 Å². The molecule has 0 spiro atoms. The smallest absolute Gasteiger partial charge is 0.228 e. The van der Waals surface area contributed by atoms with Crippen LogP contribution in [0.2, 0.25) is 0 Å². The molecule has 2 aliphatic heterocycles. The lowest BCUT2D eigenvalue weighted by Crippen LogP contribution is -2.40. The van der Waals surface area contributed by atoms with Crippen molar-refractivity contribution in [2.24, 2.45) is 5.92 Å². The number of piperidine rings is 1. The van der Waals surface area contributed by atoms with E-state index < -0.39 is 0 Å². The van der Waals surface area contributed by atoms with Crippen molar-refractivity contribution in [1.82, 2.24) is 20.5 Å². The molecular weight excluding hydrogens is 364 g/mol. The lowest BCUT2D eigenvalue weighted by Gasteiger charge is -2.30. The van der Waals surface area contributed by atoms with Crippen LogP contribution in [0, 0.1) is 5.92 Å². The van der Waals surface area contributed by atoms with Crippen LogP contribution in [0.4, 0.5) is 10.3 Å². The Bertz CT molecular complexity index is 803. The van der Waals surface area contributed by atoms with E-state index in [4.69, 9.17) is 0 Å². The summed E-state index contributed by atoms with van der Waals surface area (Å²) in [6.45, 7) is 2.73. The number of hydrogen-bond acceptors (Lipinski definition) is 7. The van der Waals surface area contributed by atoms with Gasteiger partial charge in [-0.25, -0.2) is 0 Å². The van der Waals surface area contributed by atoms with Crippen LogP contribution in [-0.4, -0.2) is 46.6 Å². The van der Waals surface area contributed by atoms with Gasteiger partial charge in [0.2, 0.25) is 22.1 Å². The molecule has 4 rings (SSSR count). The molecule has 0 aromatic carbocycles. The van der Waals surface area contributed by atoms with Gasteiger partial charge in [0, 0.05) is 38.2 Å². The summed E-state index contributed by atoms with van der Waals surface area (Å²) in [5.74, 6) is 0.222. The average Bonchev–Trinajstić information content (AvgIpc) is 3.36. The van der Waals surface area contributed by atoms with Crippen LogP contribution in [-0.2, 0) is 16.1 Å². The number of anilines is 2. The Labute approximate surface area is 161 Å². The van der Waals surface area contributed by atoms with Gasteiger partial charge >= 0.3 is 0 Å². The van der Waals surface area contributed by atoms with Gasteiger partial charge in [0.05, 0.1) is 12.2 Å². The van der Waals surface area contributed by atoms with Gasteiger partial charge in [-0.1, -0.05) is 17.4 Å². The Morgan fingerprint density at radius 1 is 1.19 bits per heavy atom. The minimum absolute atomic E-state index is 0.0116. The Balaban J connectivity index is 1.28. The molecule has 0 saturated carbocycles. The molecule has 0 unspecified atom stereocenters. The third kappa shape index (κ3) is 4.08. The molecule has 2 aromatic heterocycles. The maximum atomic E-state index is 12.4. The fraction of sp³-hybridized carbons (Fsp3) is 0.500. The molecule has 8 nitrogen and oxygen atoms in total. The first kappa shape index (κ1) is 17.8. The molecule has 142 valence electrons. The first-order valence-electron chi connectivity index (χ1n) is 9.27. The van der Waals surface area contributed by atoms with E-state index in [0.29, 0.717) is 18.1 Å². The molecule has 9 heteroatoms. The van der Waals surface area contributed by atoms with Crippen molar-refractivity contribution < 1.29 is 9.59 Å². The molecule has 2 aromatic rings. The molecule has 2 saturated heterocycles. The van der Waals surface area contributed by atoms with Gasteiger partial charge < -0.3 is 10.2 Å². The summed E-state index contributed by atoms with van der Waals surface area (Å²) in [6.07, 6.45) is 4.77. The number of rotatable bonds is 5. The minimum atomic E-state index is 0.0116. The predicted molar refractivity (Wildman–Crippen MR) is 103 cm³/mol. The summed E-state index contributed by atoms with van der Waals surface area (Å²) >= 11 is 1.46. The first-order valence-corrected chi connectivity index (χ1v) is 10.1. The standard InChI is InChI=1S/C18H22N6O2S/c25-15-5-3-9-24(15)18-22-21-17(27-18)23-10-6-13(7-11-23)16(26)20-12-14-4-1-2-8-19-14/h1-2,4,8,13H,3,5-7,9-12H2,(H,20,26). The average molecular weight is 386 g/mol. The fourth-order valence-corrected chi connectivity index (χ4v) is 4.39. The van der Waals surface area contributed by atoms with E-state index in [2.05, 4.69) is 25.4 Å². The summed E-state index contributed by atoms with van der Waals surface area (Å²) < 4.78 is 0. The van der Waals surface area contributed by atoms with Crippen LogP contribution < -0.4 is 15.1 Å². The Morgan fingerprint density at radius 3 is 2.70 bits per heavy atom. The lowest BCUT2D eigenvalue weighted by molar-refractivity contribution is -0.125. The number of aromatic nitrogens is 3. The van der Waals surface area contributed by atoms with E-state index >= 15 is 0 Å². The zero-order valence-corrected chi connectivity index (χ0v) is 15.8. The van der Waals surface area contributed by atoms with Gasteiger partial charge in [-0.3, -0.25) is 19.5 Å². The van der Waals surface area contributed by atoms with E-state index in [9.17, 15) is 9.59 Å². The van der Waals surface area contributed by atoms with Crippen molar-refractivity contribution in [3.63, 3.8) is 0 Å². The van der Waals surface area contributed by atoms with E-state index in [1.165, 1.54) is 11.3 Å². The zero-order valence-electron chi connectivity index (χ0n) is 15.0. The van der Waals surface area contributed by atoms with Crippen molar-refractivity contribution in [3.8, 4) is 0 Å². The van der Waals surface area contributed by atoms with Gasteiger partial charge in [0.25, 0.3) is 0 Å². The molecule has 0 bridgehead atoms. The number of nitrogens with zero attached hydrogens (tertiary/aromatic N) is 5. The number of carbonyl (C=O) groups excluding carboxylic acids is 2. The number of amides is 2. The van der Waals surface area contributed by atoms with Gasteiger partial charge in [0.1, 0.15) is 0 Å². The van der Waals surface area contributed by atoms with Crippen LogP contribution in [0.25, 0.3) is 0 Å². The quantitative estimate of drug-likeness (QED) is 0.839. The third-order valence-electron chi connectivity index (χ3n) is 5.01. The van der Waals surface area contributed by atoms with Crippen LogP contribution in [0.1, 0.15) is 31.4 Å². The molecular formula is C18H22N6O2S. The van der Waals surface area contributed by atoms with Crippen LogP contribution >= 0.6 is 11.3 Å². The topological polar surface area (TPSA) is 91.3 Å². The van der Waals surface area contributed by atoms with Gasteiger partial charge in [-0.05, 0) is 31.4 Å². The third-order valence-corrected chi connectivity index (χ3v) is 6.02. The lowest BCUT2D eigenvalue weighted by atomic mass is 9.96. The highest BCUT2D eigenvalue weighted by Gasteiger charge is 2.29. The van der Waals surface area contributed by atoms with Gasteiger partial charge in [0.15, 0.2) is 0 Å². The molecule has 1 N–H and O–H groups in total. The summed E-state index contributed by atoms with van der Waals surface area (Å²) in [7, 11) is 0. The molecule has 0 atom stereocenters. The molecule has 27 heavy (non-hydrogen) atoms. The maximum absolute atomic E-state index is 12.4. The molecule has 0 radical (unpaired) electrons. The summed E-state index contributed by atoms with van der Waals surface area (Å²) in [6, 6.07) is 5.68. The maximum Gasteiger partial charge on any atom is 0.228 e. The van der Waals surface area contributed by atoms with Crippen LogP contribution in [0.3, 0.4) is 0 Å². The first-order chi connectivity index (χ1) is 13.2. The normalized spacial score (nSPS) is 18.1. The molecule has 2 fully saturated rings. The molecule has 2 aliphatic rings. The largest absolute Gasteiger partial charge is 0.350 e. The molecule has 4 heterocycles. The number of pyridine rings is 1. The van der Waals surface area contributed by atoms with Crippen molar-refractivity contribution in [3.05, 3.63) is 30.1 Å². The van der Waals surface area contributed by atoms with Gasteiger partial charge in [-0.15, -0.1) is 10.2 Å². The Hall–Kier alpha value is -2.55. The van der Waals surface area contributed by atoms with Crippen molar-refractivity contribution in [1.29, 1.82) is 0 Å². The highest BCUT2D eigenvalue weighted by molar-refractivity contribution is 7.19. The monoisotopic (exact) mass is 386 g/mol. The summed E-state index contributed by atoms with van der Waals surface area (Å²) in [5, 5.41) is 12.9. The summed E-state index contributed by atoms with van der Waals surface area (Å²) in [5.41, 5.74) is 0.862. The van der Waals surface area contributed by atoms with Gasteiger partial charge in [-0.2, -0.15) is 0 Å². The number of hydrogen-bond donors (Lipinski definition) is 1. The predicted octanol–water partition coefficient (Wildman–Crippen LogP) is 1.59. The van der Waals surface area contributed by atoms with Crippen molar-refractivity contribution >= 4 is 33.4 Å². The van der Waals surface area contributed by atoms with Crippen LogP contribution in [0.5, 0.6) is 0 Å². The second-order valence-electron chi connectivity index (χ2n) is 6.82. The Kier molecular flexibility index (Phi) is 5.28. The summed E-state index contributed by atoms with van der Waals surface area (Å²) in [4.78, 5) is 32.3. The second kappa shape index (κ2) is 7.99. The fourth-order valence-electron chi connectivity index (χ4n) is 3.45. The second-order valence-corrected chi connectivity index (χ2v) is 7.75. The Morgan fingerprint density at radius 2 is 2.00 bits per heavy atom. The molecule has 0 aliphatic carbocycles. The number of carbonyl (C=O) groups is 2. The zero-order chi connectivity index (χ0) is 18.6. The van der Waals surface area contributed by atoms with E-state index in [-0.39, 0.29) is 17.7 Å². The van der Waals surface area contributed by atoms with E-state index in [1.54, 1.807) is 11.1 Å². The SMILES string of the molecule is O=C(NCc1ccccn1)C1CCN(c2nnc(N3CCCC3=O)s2)CC1. The van der Waals surface area contributed by atoms with E-state index in [1.807, 2.05) is 18.2 Å². The highest BCUT2D eigenvalue weighted by atomic mass is 32.1.